The summed E-state index contributed by atoms with van der Waals surface area (Å²) in [5.74, 6) is 0.125. The van der Waals surface area contributed by atoms with Crippen molar-refractivity contribution in [2.24, 2.45) is 0 Å². The number of nitrogens with one attached hydrogen (secondary N) is 1. The van der Waals surface area contributed by atoms with Crippen molar-refractivity contribution in [1.82, 2.24) is 9.36 Å². The van der Waals surface area contributed by atoms with Crippen molar-refractivity contribution < 1.29 is 9.53 Å². The van der Waals surface area contributed by atoms with Crippen molar-refractivity contribution in [3.8, 4) is 0 Å². The fraction of sp³-hybridized carbons (Fsp3) is 0.400. The summed E-state index contributed by atoms with van der Waals surface area (Å²) in [6.45, 7) is 0.104. The molecule has 0 amide bonds. The Labute approximate surface area is 67.6 Å². The molecule has 0 fully saturated rings. The minimum atomic E-state index is -0.334. The first-order chi connectivity index (χ1) is 5.33. The highest BCUT2D eigenvalue weighted by Crippen LogP contribution is 1.98. The fourth-order valence-corrected chi connectivity index (χ4v) is 0.878. The van der Waals surface area contributed by atoms with Gasteiger partial charge < -0.3 is 10.1 Å². The molecule has 0 radical (unpaired) electrons. The number of carbonyl (C=O) groups is 1. The molecule has 1 aromatic rings. The standard InChI is InChI=1S/C5H7N3O2S/c1-10-4(9)2-6-5-7-3-11-8-5/h3H,2H2,1H3,(H,6,8). The summed E-state index contributed by atoms with van der Waals surface area (Å²) < 4.78 is 8.23. The monoisotopic (exact) mass is 173 g/mol. The van der Waals surface area contributed by atoms with Crippen LogP contribution in [0.3, 0.4) is 0 Å². The van der Waals surface area contributed by atoms with Crippen LogP contribution in [0.25, 0.3) is 0 Å². The molecule has 0 aliphatic heterocycles. The summed E-state index contributed by atoms with van der Waals surface area (Å²) in [7, 11) is 1.33. The third-order valence-corrected chi connectivity index (χ3v) is 1.46. The maximum atomic E-state index is 10.6. The van der Waals surface area contributed by atoms with Gasteiger partial charge in [-0.2, -0.15) is 4.37 Å². The molecule has 11 heavy (non-hydrogen) atoms. The topological polar surface area (TPSA) is 64.1 Å². The second kappa shape index (κ2) is 3.87. The van der Waals surface area contributed by atoms with Crippen molar-refractivity contribution in [2.75, 3.05) is 19.0 Å². The lowest BCUT2D eigenvalue weighted by molar-refractivity contribution is -0.138. The highest BCUT2D eigenvalue weighted by molar-refractivity contribution is 7.03. The Kier molecular flexibility index (Phi) is 2.79. The molecule has 0 aliphatic carbocycles. The zero-order chi connectivity index (χ0) is 8.10. The van der Waals surface area contributed by atoms with Gasteiger partial charge in [-0.05, 0) is 11.5 Å². The van der Waals surface area contributed by atoms with E-state index in [-0.39, 0.29) is 12.5 Å². The van der Waals surface area contributed by atoms with Gasteiger partial charge in [-0.15, -0.1) is 0 Å². The molecule has 1 aromatic heterocycles. The summed E-state index contributed by atoms with van der Waals surface area (Å²) in [5, 5.41) is 2.69. The molecule has 6 heteroatoms. The molecule has 0 saturated heterocycles. The molecule has 0 spiro atoms. The molecule has 60 valence electrons. The highest BCUT2D eigenvalue weighted by atomic mass is 32.1. The van der Waals surface area contributed by atoms with E-state index in [4.69, 9.17) is 0 Å². The fourth-order valence-electron chi connectivity index (χ4n) is 0.472. The van der Waals surface area contributed by atoms with E-state index in [0.29, 0.717) is 5.95 Å². The number of rotatable bonds is 3. The largest absolute Gasteiger partial charge is 0.468 e. The van der Waals surface area contributed by atoms with Crippen LogP contribution in [0.4, 0.5) is 5.95 Å². The Morgan fingerprint density at radius 3 is 3.27 bits per heavy atom. The van der Waals surface area contributed by atoms with E-state index < -0.39 is 0 Å². The van der Waals surface area contributed by atoms with Crippen molar-refractivity contribution in [1.29, 1.82) is 0 Å². The van der Waals surface area contributed by atoms with Gasteiger partial charge in [0.15, 0.2) is 0 Å². The number of anilines is 1. The first-order valence-corrected chi connectivity index (χ1v) is 3.73. The Morgan fingerprint density at radius 1 is 1.91 bits per heavy atom. The van der Waals surface area contributed by atoms with Gasteiger partial charge in [0, 0.05) is 0 Å². The normalized spacial score (nSPS) is 9.18. The second-order valence-corrected chi connectivity index (χ2v) is 2.29. The van der Waals surface area contributed by atoms with Gasteiger partial charge >= 0.3 is 5.97 Å². The number of esters is 1. The summed E-state index contributed by atoms with van der Waals surface area (Å²) in [6, 6.07) is 0. The molecule has 0 saturated carbocycles. The molecular formula is C5H7N3O2S. The van der Waals surface area contributed by atoms with E-state index in [1.807, 2.05) is 0 Å². The molecule has 0 aliphatic rings. The zero-order valence-corrected chi connectivity index (χ0v) is 6.72. The zero-order valence-electron chi connectivity index (χ0n) is 5.90. The van der Waals surface area contributed by atoms with E-state index in [2.05, 4.69) is 19.4 Å². The Bertz CT molecular complexity index is 224. The summed E-state index contributed by atoms with van der Waals surface area (Å²) in [5.41, 5.74) is 1.58. The lowest BCUT2D eigenvalue weighted by atomic mass is 10.6. The van der Waals surface area contributed by atoms with E-state index in [0.717, 1.165) is 0 Å². The third-order valence-electron chi connectivity index (χ3n) is 0.980. The van der Waals surface area contributed by atoms with Gasteiger partial charge in [-0.1, -0.05) is 0 Å². The van der Waals surface area contributed by atoms with Crippen molar-refractivity contribution in [2.45, 2.75) is 0 Å². The minimum absolute atomic E-state index is 0.104. The van der Waals surface area contributed by atoms with Crippen LogP contribution >= 0.6 is 11.5 Å². The van der Waals surface area contributed by atoms with Crippen molar-refractivity contribution in [3.63, 3.8) is 0 Å². The predicted octanol–water partition coefficient (Wildman–Crippen LogP) is 0.123. The average Bonchev–Trinajstić information content (AvgIpc) is 2.52. The number of methoxy groups -OCH3 is 1. The maximum Gasteiger partial charge on any atom is 0.325 e. The van der Waals surface area contributed by atoms with Crippen LogP contribution in [0, 0.1) is 0 Å². The van der Waals surface area contributed by atoms with Gasteiger partial charge in [0.2, 0.25) is 5.95 Å². The van der Waals surface area contributed by atoms with E-state index in [1.165, 1.54) is 18.6 Å². The SMILES string of the molecule is COC(=O)CNc1ncsn1. The van der Waals surface area contributed by atoms with Crippen LogP contribution < -0.4 is 5.32 Å². The molecule has 1 rings (SSSR count). The van der Waals surface area contributed by atoms with Crippen LogP contribution in [0.5, 0.6) is 0 Å². The Morgan fingerprint density at radius 2 is 2.73 bits per heavy atom. The lowest BCUT2D eigenvalue weighted by Crippen LogP contribution is -2.15. The summed E-state index contributed by atoms with van der Waals surface area (Å²) in [6.07, 6.45) is 0. The van der Waals surface area contributed by atoms with Crippen molar-refractivity contribution in [3.05, 3.63) is 5.51 Å². The number of hydrogen-bond acceptors (Lipinski definition) is 6. The van der Waals surface area contributed by atoms with Crippen LogP contribution in [-0.4, -0.2) is 29.0 Å². The minimum Gasteiger partial charge on any atom is -0.468 e. The number of ether oxygens (including phenoxy) is 1. The van der Waals surface area contributed by atoms with Gasteiger partial charge in [-0.25, -0.2) is 4.98 Å². The summed E-state index contributed by atoms with van der Waals surface area (Å²) in [4.78, 5) is 14.4. The van der Waals surface area contributed by atoms with Gasteiger partial charge in [-0.3, -0.25) is 4.79 Å². The highest BCUT2D eigenvalue weighted by Gasteiger charge is 2.00. The predicted molar refractivity (Wildman–Crippen MR) is 40.4 cm³/mol. The molecule has 0 bridgehead atoms. The van der Waals surface area contributed by atoms with E-state index >= 15 is 0 Å². The molecule has 0 aromatic carbocycles. The van der Waals surface area contributed by atoms with E-state index in [9.17, 15) is 4.79 Å². The lowest BCUT2D eigenvalue weighted by Gasteiger charge is -1.97. The number of carbonyl (C=O) groups excluding carboxylic acids is 1. The molecule has 1 heterocycles. The second-order valence-electron chi connectivity index (χ2n) is 1.68. The summed E-state index contributed by atoms with van der Waals surface area (Å²) >= 11 is 1.22. The average molecular weight is 173 g/mol. The smallest absolute Gasteiger partial charge is 0.325 e. The number of nitrogens with zero attached hydrogens (tertiary/aromatic N) is 2. The van der Waals surface area contributed by atoms with Gasteiger partial charge in [0.25, 0.3) is 0 Å². The van der Waals surface area contributed by atoms with Gasteiger partial charge in [0.1, 0.15) is 12.1 Å². The Hall–Kier alpha value is -1.17. The Balaban J connectivity index is 2.29. The van der Waals surface area contributed by atoms with Gasteiger partial charge in [0.05, 0.1) is 7.11 Å². The van der Waals surface area contributed by atoms with E-state index in [1.54, 1.807) is 5.51 Å². The number of hydrogen-bond donors (Lipinski definition) is 1. The maximum absolute atomic E-state index is 10.6. The molecule has 0 unspecified atom stereocenters. The number of aromatic nitrogens is 2. The first-order valence-electron chi connectivity index (χ1n) is 2.90. The quantitative estimate of drug-likeness (QED) is 0.658. The van der Waals surface area contributed by atoms with Crippen LogP contribution in [0.15, 0.2) is 5.51 Å². The molecule has 5 nitrogen and oxygen atoms in total. The first kappa shape index (κ1) is 7.93. The van der Waals surface area contributed by atoms with Crippen LogP contribution in [0.1, 0.15) is 0 Å². The third kappa shape index (κ3) is 2.50. The molecular weight excluding hydrogens is 166 g/mol. The molecule has 0 atom stereocenters. The molecule has 1 N–H and O–H groups in total. The van der Waals surface area contributed by atoms with Crippen molar-refractivity contribution >= 4 is 23.5 Å². The van der Waals surface area contributed by atoms with Crippen LogP contribution in [0.2, 0.25) is 0 Å². The van der Waals surface area contributed by atoms with Crippen LogP contribution in [-0.2, 0) is 9.53 Å².